The van der Waals surface area contributed by atoms with Crippen LogP contribution >= 0.6 is 11.3 Å². The number of carbonyl (C=O) groups excluding carboxylic acids is 2. The van der Waals surface area contributed by atoms with Gasteiger partial charge in [0.05, 0.1) is 33.5 Å². The number of nitro benzene ring substituents is 1. The fourth-order valence-corrected chi connectivity index (χ4v) is 5.14. The monoisotopic (exact) mass is 502 g/mol. The van der Waals surface area contributed by atoms with Crippen LogP contribution in [-0.4, -0.2) is 38.8 Å². The van der Waals surface area contributed by atoms with Gasteiger partial charge in [0, 0.05) is 23.9 Å². The number of ketones is 1. The number of fused-ring (bicyclic) bond motifs is 1. The Balaban J connectivity index is 1.72. The minimum absolute atomic E-state index is 0.0350. The van der Waals surface area contributed by atoms with Gasteiger partial charge < -0.3 is 9.84 Å². The number of amides is 1. The number of benzene rings is 2. The van der Waals surface area contributed by atoms with Crippen LogP contribution in [0.5, 0.6) is 5.75 Å². The SMILES string of the molecule is COc1cc2sc(N3C(=O)C(=O)/C(=C(/O)c4cccc([N+](=O)[O-])c4)C3c3ccccn3)nc2cc1C. The molecular weight excluding hydrogens is 484 g/mol. The number of nitrogens with zero attached hydrogens (tertiary/aromatic N) is 4. The highest BCUT2D eigenvalue weighted by atomic mass is 32.1. The van der Waals surface area contributed by atoms with Crippen LogP contribution in [0, 0.1) is 17.0 Å². The molecule has 3 heterocycles. The van der Waals surface area contributed by atoms with Gasteiger partial charge in [0.2, 0.25) is 0 Å². The average molecular weight is 503 g/mol. The van der Waals surface area contributed by atoms with E-state index in [1.165, 1.54) is 40.6 Å². The Morgan fingerprint density at radius 2 is 1.97 bits per heavy atom. The van der Waals surface area contributed by atoms with Gasteiger partial charge in [-0.25, -0.2) is 4.98 Å². The second kappa shape index (κ2) is 8.86. The zero-order chi connectivity index (χ0) is 25.6. The van der Waals surface area contributed by atoms with E-state index in [4.69, 9.17) is 4.74 Å². The number of ether oxygens (including phenoxy) is 1. The smallest absolute Gasteiger partial charge is 0.301 e. The number of methoxy groups -OCH3 is 1. The van der Waals surface area contributed by atoms with Crippen molar-refractivity contribution >= 4 is 49.8 Å². The van der Waals surface area contributed by atoms with Crippen LogP contribution in [0.25, 0.3) is 16.0 Å². The molecule has 36 heavy (non-hydrogen) atoms. The number of aromatic nitrogens is 2. The molecule has 2 aromatic heterocycles. The van der Waals surface area contributed by atoms with Crippen molar-refractivity contribution in [3.05, 3.63) is 93.3 Å². The molecule has 10 nitrogen and oxygen atoms in total. The van der Waals surface area contributed by atoms with Gasteiger partial charge in [0.1, 0.15) is 17.6 Å². The minimum Gasteiger partial charge on any atom is -0.507 e. The number of pyridine rings is 1. The van der Waals surface area contributed by atoms with Crippen LogP contribution in [-0.2, 0) is 9.59 Å². The predicted molar refractivity (Wildman–Crippen MR) is 133 cm³/mol. The summed E-state index contributed by atoms with van der Waals surface area (Å²) in [5.74, 6) is -1.71. The van der Waals surface area contributed by atoms with Gasteiger partial charge >= 0.3 is 5.91 Å². The molecule has 2 aromatic carbocycles. The number of anilines is 1. The number of aliphatic hydroxyl groups excluding tert-OH is 1. The lowest BCUT2D eigenvalue weighted by atomic mass is 9.98. The lowest BCUT2D eigenvalue weighted by Crippen LogP contribution is -2.29. The molecule has 1 amide bonds. The van der Waals surface area contributed by atoms with Crippen molar-refractivity contribution in [2.24, 2.45) is 0 Å². The average Bonchev–Trinajstić information content (AvgIpc) is 3.40. The number of aliphatic hydroxyl groups is 1. The Kier molecular flexibility index (Phi) is 5.69. The van der Waals surface area contributed by atoms with E-state index in [9.17, 15) is 24.8 Å². The quantitative estimate of drug-likeness (QED) is 0.138. The molecule has 1 saturated heterocycles. The Morgan fingerprint density at radius 1 is 1.17 bits per heavy atom. The predicted octanol–water partition coefficient (Wildman–Crippen LogP) is 4.54. The van der Waals surface area contributed by atoms with Crippen LogP contribution in [0.4, 0.5) is 10.8 Å². The molecule has 0 spiro atoms. The summed E-state index contributed by atoms with van der Waals surface area (Å²) < 4.78 is 6.13. The van der Waals surface area contributed by atoms with Gasteiger partial charge in [-0.2, -0.15) is 0 Å². The van der Waals surface area contributed by atoms with Crippen molar-refractivity contribution in [1.29, 1.82) is 0 Å². The molecule has 1 N–H and O–H groups in total. The fourth-order valence-electron chi connectivity index (χ4n) is 4.14. The number of carbonyl (C=O) groups is 2. The van der Waals surface area contributed by atoms with Gasteiger partial charge in [-0.1, -0.05) is 29.5 Å². The molecule has 5 rings (SSSR count). The number of aryl methyl sites for hydroxylation is 1. The summed E-state index contributed by atoms with van der Waals surface area (Å²) >= 11 is 1.19. The Bertz CT molecular complexity index is 1580. The fraction of sp³-hybridized carbons (Fsp3) is 0.120. The number of rotatable bonds is 5. The van der Waals surface area contributed by atoms with Gasteiger partial charge in [-0.3, -0.25) is 29.6 Å². The van der Waals surface area contributed by atoms with Gasteiger partial charge in [-0.15, -0.1) is 0 Å². The molecule has 1 atom stereocenters. The lowest BCUT2D eigenvalue weighted by Gasteiger charge is -2.21. The van der Waals surface area contributed by atoms with Gasteiger partial charge in [0.25, 0.3) is 11.5 Å². The maximum absolute atomic E-state index is 13.3. The maximum atomic E-state index is 13.3. The number of hydrogen-bond donors (Lipinski definition) is 1. The number of hydrogen-bond acceptors (Lipinski definition) is 9. The Morgan fingerprint density at radius 3 is 2.67 bits per heavy atom. The summed E-state index contributed by atoms with van der Waals surface area (Å²) in [6, 6.07) is 12.8. The second-order valence-electron chi connectivity index (χ2n) is 8.02. The topological polar surface area (TPSA) is 136 Å². The van der Waals surface area contributed by atoms with Crippen molar-refractivity contribution in [2.45, 2.75) is 13.0 Å². The van der Waals surface area contributed by atoms with E-state index >= 15 is 0 Å². The second-order valence-corrected chi connectivity index (χ2v) is 9.03. The van der Waals surface area contributed by atoms with Crippen molar-refractivity contribution < 1.29 is 24.4 Å². The van der Waals surface area contributed by atoms with Crippen molar-refractivity contribution in [1.82, 2.24) is 9.97 Å². The molecule has 1 fully saturated rings. The summed E-state index contributed by atoms with van der Waals surface area (Å²) in [5, 5.41) is 22.6. The summed E-state index contributed by atoms with van der Waals surface area (Å²) in [4.78, 5) is 47.3. The third-order valence-corrected chi connectivity index (χ3v) is 6.86. The van der Waals surface area contributed by atoms with E-state index < -0.39 is 28.4 Å². The number of nitro groups is 1. The summed E-state index contributed by atoms with van der Waals surface area (Å²) in [6.45, 7) is 1.87. The Labute approximate surface area is 208 Å². The molecule has 4 aromatic rings. The van der Waals surface area contributed by atoms with E-state index in [0.29, 0.717) is 17.0 Å². The molecule has 0 bridgehead atoms. The molecule has 0 aliphatic carbocycles. The lowest BCUT2D eigenvalue weighted by molar-refractivity contribution is -0.384. The zero-order valence-electron chi connectivity index (χ0n) is 19.0. The van der Waals surface area contributed by atoms with Crippen LogP contribution in [0.15, 0.2) is 66.4 Å². The maximum Gasteiger partial charge on any atom is 0.301 e. The van der Waals surface area contributed by atoms with E-state index in [1.54, 1.807) is 31.4 Å². The van der Waals surface area contributed by atoms with Crippen LogP contribution in [0.1, 0.15) is 22.9 Å². The van der Waals surface area contributed by atoms with Crippen molar-refractivity contribution in [2.75, 3.05) is 12.0 Å². The van der Waals surface area contributed by atoms with E-state index in [2.05, 4.69) is 9.97 Å². The number of Topliss-reactive ketones (excluding diaryl/α,β-unsaturated/α-hetero) is 1. The molecule has 1 unspecified atom stereocenters. The van der Waals surface area contributed by atoms with Gasteiger partial charge in [0.15, 0.2) is 5.13 Å². The molecule has 0 radical (unpaired) electrons. The molecule has 1 aliphatic heterocycles. The highest BCUT2D eigenvalue weighted by molar-refractivity contribution is 7.22. The largest absolute Gasteiger partial charge is 0.507 e. The molecular formula is C25H18N4O6S. The number of thiazole rings is 1. The summed E-state index contributed by atoms with van der Waals surface area (Å²) in [7, 11) is 1.56. The molecule has 0 saturated carbocycles. The summed E-state index contributed by atoms with van der Waals surface area (Å²) in [5.41, 5.74) is 1.35. The highest BCUT2D eigenvalue weighted by Crippen LogP contribution is 2.44. The van der Waals surface area contributed by atoms with E-state index in [-0.39, 0.29) is 22.0 Å². The summed E-state index contributed by atoms with van der Waals surface area (Å²) in [6.07, 6.45) is 1.51. The minimum atomic E-state index is -1.09. The zero-order valence-corrected chi connectivity index (χ0v) is 19.9. The number of non-ortho nitro benzene ring substituents is 1. The first-order valence-electron chi connectivity index (χ1n) is 10.7. The van der Waals surface area contributed by atoms with Crippen LogP contribution in [0.2, 0.25) is 0 Å². The molecule has 1 aliphatic rings. The van der Waals surface area contributed by atoms with Gasteiger partial charge in [-0.05, 0) is 36.8 Å². The molecule has 180 valence electrons. The van der Waals surface area contributed by atoms with Crippen molar-refractivity contribution in [3.63, 3.8) is 0 Å². The first kappa shape index (κ1) is 23.1. The van der Waals surface area contributed by atoms with Crippen LogP contribution < -0.4 is 9.64 Å². The third kappa shape index (κ3) is 3.75. The first-order chi connectivity index (χ1) is 17.3. The van der Waals surface area contributed by atoms with E-state index in [0.717, 1.165) is 16.3 Å². The molecule has 11 heteroatoms. The standard InChI is InChI=1S/C25H18N4O6S/c1-13-10-17-19(12-18(13)35-2)36-25(27-17)28-21(16-8-3-4-9-26-16)20(23(31)24(28)32)22(30)14-6-5-7-15(11-14)29(33)34/h3-12,21,30H,1-2H3/b22-20+. The normalized spacial score (nSPS) is 17.1. The van der Waals surface area contributed by atoms with Crippen LogP contribution in [0.3, 0.4) is 0 Å². The third-order valence-electron chi connectivity index (χ3n) is 5.84. The van der Waals surface area contributed by atoms with Crippen molar-refractivity contribution in [3.8, 4) is 5.75 Å². The highest BCUT2D eigenvalue weighted by Gasteiger charge is 2.49. The van der Waals surface area contributed by atoms with E-state index in [1.807, 2.05) is 13.0 Å². The Hall–Kier alpha value is -4.64. The first-order valence-corrected chi connectivity index (χ1v) is 11.5.